The maximum atomic E-state index is 12.4. The predicted molar refractivity (Wildman–Crippen MR) is 88.6 cm³/mol. The number of hydrogen-bond donors (Lipinski definition) is 2. The Morgan fingerprint density at radius 3 is 2.52 bits per heavy atom. The number of nitrogens with two attached hydrogens (primary N) is 1. The van der Waals surface area contributed by atoms with Crippen LogP contribution in [0.3, 0.4) is 0 Å². The fraction of sp³-hybridized carbons (Fsp3) is 0.556. The van der Waals surface area contributed by atoms with Gasteiger partial charge in [0.15, 0.2) is 0 Å². The standard InChI is InChI=1S/C18H25N3O2/c19-18(23)16-10-13-6-4-5-7-14(13)11-21(16)12-17(22)20-15-8-2-1-3-9-15/h4-7,15-16H,1-3,8-12H2,(H2,19,23)(H,20,22)/t16-/m1/s1. The summed E-state index contributed by atoms with van der Waals surface area (Å²) in [4.78, 5) is 26.1. The first kappa shape index (κ1) is 16.0. The zero-order chi connectivity index (χ0) is 16.2. The summed E-state index contributed by atoms with van der Waals surface area (Å²) in [6, 6.07) is 7.94. The van der Waals surface area contributed by atoms with Gasteiger partial charge >= 0.3 is 0 Å². The summed E-state index contributed by atoms with van der Waals surface area (Å²) < 4.78 is 0. The monoisotopic (exact) mass is 315 g/mol. The van der Waals surface area contributed by atoms with Gasteiger partial charge in [0.2, 0.25) is 11.8 Å². The summed E-state index contributed by atoms with van der Waals surface area (Å²) in [5, 5.41) is 3.12. The van der Waals surface area contributed by atoms with Gasteiger partial charge < -0.3 is 11.1 Å². The van der Waals surface area contributed by atoms with Crippen LogP contribution in [0.15, 0.2) is 24.3 Å². The molecule has 0 bridgehead atoms. The number of fused-ring (bicyclic) bond motifs is 1. The van der Waals surface area contributed by atoms with Crippen molar-refractivity contribution in [2.24, 2.45) is 5.73 Å². The number of nitrogens with one attached hydrogen (secondary N) is 1. The molecule has 0 unspecified atom stereocenters. The molecule has 23 heavy (non-hydrogen) atoms. The van der Waals surface area contributed by atoms with Crippen LogP contribution in [0.5, 0.6) is 0 Å². The first-order chi connectivity index (χ1) is 11.1. The first-order valence-corrected chi connectivity index (χ1v) is 8.53. The SMILES string of the molecule is NC(=O)[C@H]1Cc2ccccc2CN1CC(=O)NC1CCCCC1. The maximum Gasteiger partial charge on any atom is 0.235 e. The molecule has 1 aliphatic carbocycles. The van der Waals surface area contributed by atoms with E-state index in [1.165, 1.54) is 24.8 Å². The van der Waals surface area contributed by atoms with E-state index in [1.807, 2.05) is 23.1 Å². The van der Waals surface area contributed by atoms with Crippen molar-refractivity contribution >= 4 is 11.8 Å². The number of benzene rings is 1. The van der Waals surface area contributed by atoms with Crippen molar-refractivity contribution in [3.63, 3.8) is 0 Å². The van der Waals surface area contributed by atoms with Crippen molar-refractivity contribution in [1.29, 1.82) is 0 Å². The largest absolute Gasteiger partial charge is 0.368 e. The number of primary amides is 1. The van der Waals surface area contributed by atoms with Gasteiger partial charge in [-0.25, -0.2) is 0 Å². The van der Waals surface area contributed by atoms with E-state index in [-0.39, 0.29) is 18.4 Å². The Bertz CT molecular complexity index is 581. The third-order valence-electron chi connectivity index (χ3n) is 4.99. The van der Waals surface area contributed by atoms with Crippen LogP contribution in [-0.2, 0) is 22.6 Å². The average molecular weight is 315 g/mol. The van der Waals surface area contributed by atoms with Crippen molar-refractivity contribution in [3.8, 4) is 0 Å². The van der Waals surface area contributed by atoms with Crippen molar-refractivity contribution in [3.05, 3.63) is 35.4 Å². The highest BCUT2D eigenvalue weighted by Crippen LogP contribution is 2.23. The molecule has 0 saturated heterocycles. The molecule has 0 aromatic heterocycles. The van der Waals surface area contributed by atoms with Crippen molar-refractivity contribution in [2.75, 3.05) is 6.54 Å². The van der Waals surface area contributed by atoms with Crippen LogP contribution in [0.2, 0.25) is 0 Å². The van der Waals surface area contributed by atoms with Crippen LogP contribution in [-0.4, -0.2) is 35.3 Å². The summed E-state index contributed by atoms with van der Waals surface area (Å²) in [5.41, 5.74) is 7.89. The zero-order valence-corrected chi connectivity index (χ0v) is 13.5. The molecule has 3 rings (SSSR count). The van der Waals surface area contributed by atoms with Crippen molar-refractivity contribution in [2.45, 2.75) is 57.2 Å². The van der Waals surface area contributed by atoms with Crippen LogP contribution < -0.4 is 11.1 Å². The predicted octanol–water partition coefficient (Wildman–Crippen LogP) is 1.35. The van der Waals surface area contributed by atoms with Crippen LogP contribution >= 0.6 is 0 Å². The fourth-order valence-electron chi connectivity index (χ4n) is 3.73. The van der Waals surface area contributed by atoms with E-state index in [2.05, 4.69) is 11.4 Å². The molecule has 0 radical (unpaired) electrons. The highest BCUT2D eigenvalue weighted by atomic mass is 16.2. The summed E-state index contributed by atoms with van der Waals surface area (Å²) in [5.74, 6) is -0.354. The second-order valence-corrected chi connectivity index (χ2v) is 6.70. The molecular formula is C18H25N3O2. The molecule has 1 aromatic carbocycles. The molecule has 2 amide bonds. The number of carbonyl (C=O) groups excluding carboxylic acids is 2. The number of nitrogens with zero attached hydrogens (tertiary/aromatic N) is 1. The van der Waals surface area contributed by atoms with Crippen LogP contribution in [0.1, 0.15) is 43.2 Å². The van der Waals surface area contributed by atoms with E-state index in [0.717, 1.165) is 18.4 Å². The van der Waals surface area contributed by atoms with E-state index >= 15 is 0 Å². The lowest BCUT2D eigenvalue weighted by Gasteiger charge is -2.35. The van der Waals surface area contributed by atoms with E-state index in [0.29, 0.717) is 19.0 Å². The Hall–Kier alpha value is -1.88. The van der Waals surface area contributed by atoms with Gasteiger partial charge in [-0.1, -0.05) is 43.5 Å². The number of hydrogen-bond acceptors (Lipinski definition) is 3. The molecule has 1 aromatic rings. The number of carbonyl (C=O) groups is 2. The Morgan fingerprint density at radius 2 is 1.83 bits per heavy atom. The summed E-state index contributed by atoms with van der Waals surface area (Å²) in [6.45, 7) is 0.834. The minimum absolute atomic E-state index is 0.00234. The molecule has 1 saturated carbocycles. The lowest BCUT2D eigenvalue weighted by Crippen LogP contribution is -2.52. The third kappa shape index (κ3) is 3.91. The van der Waals surface area contributed by atoms with E-state index in [9.17, 15) is 9.59 Å². The van der Waals surface area contributed by atoms with Gasteiger partial charge in [0.1, 0.15) is 0 Å². The first-order valence-electron chi connectivity index (χ1n) is 8.53. The molecule has 3 N–H and O–H groups in total. The molecule has 1 aliphatic heterocycles. The molecule has 124 valence electrons. The van der Waals surface area contributed by atoms with Gasteiger partial charge in [0.25, 0.3) is 0 Å². The maximum absolute atomic E-state index is 12.4. The second kappa shape index (κ2) is 7.13. The molecular weight excluding hydrogens is 290 g/mol. The number of amides is 2. The van der Waals surface area contributed by atoms with Gasteiger partial charge in [0, 0.05) is 12.6 Å². The molecule has 5 nitrogen and oxygen atoms in total. The smallest absolute Gasteiger partial charge is 0.235 e. The Kier molecular flexibility index (Phi) is 4.96. The van der Waals surface area contributed by atoms with E-state index in [1.54, 1.807) is 0 Å². The minimum atomic E-state index is -0.401. The molecule has 5 heteroatoms. The minimum Gasteiger partial charge on any atom is -0.368 e. The van der Waals surface area contributed by atoms with E-state index < -0.39 is 6.04 Å². The highest BCUT2D eigenvalue weighted by Gasteiger charge is 2.31. The normalized spacial score (nSPS) is 22.3. The topological polar surface area (TPSA) is 75.4 Å². The zero-order valence-electron chi connectivity index (χ0n) is 13.5. The van der Waals surface area contributed by atoms with Crippen LogP contribution in [0.25, 0.3) is 0 Å². The lowest BCUT2D eigenvalue weighted by atomic mass is 9.93. The molecule has 1 atom stereocenters. The second-order valence-electron chi connectivity index (χ2n) is 6.70. The van der Waals surface area contributed by atoms with Crippen molar-refractivity contribution in [1.82, 2.24) is 10.2 Å². The summed E-state index contributed by atoms with van der Waals surface area (Å²) >= 11 is 0. The van der Waals surface area contributed by atoms with Gasteiger partial charge in [-0.15, -0.1) is 0 Å². The van der Waals surface area contributed by atoms with Gasteiger partial charge in [-0.2, -0.15) is 0 Å². The lowest BCUT2D eigenvalue weighted by molar-refractivity contribution is -0.128. The molecule has 1 fully saturated rings. The Labute approximate surface area is 137 Å². The van der Waals surface area contributed by atoms with Gasteiger partial charge in [0.05, 0.1) is 12.6 Å². The quantitative estimate of drug-likeness (QED) is 0.880. The molecule has 0 spiro atoms. The van der Waals surface area contributed by atoms with Gasteiger partial charge in [-0.05, 0) is 30.4 Å². The van der Waals surface area contributed by atoms with Gasteiger partial charge in [-0.3, -0.25) is 14.5 Å². The Morgan fingerprint density at radius 1 is 1.13 bits per heavy atom. The summed E-state index contributed by atoms with van der Waals surface area (Å²) in [7, 11) is 0. The molecule has 2 aliphatic rings. The molecule has 1 heterocycles. The number of rotatable bonds is 4. The van der Waals surface area contributed by atoms with Crippen molar-refractivity contribution < 1.29 is 9.59 Å². The van der Waals surface area contributed by atoms with Crippen LogP contribution in [0, 0.1) is 0 Å². The average Bonchev–Trinajstić information content (AvgIpc) is 2.55. The van der Waals surface area contributed by atoms with E-state index in [4.69, 9.17) is 5.73 Å². The Balaban J connectivity index is 1.65. The summed E-state index contributed by atoms with van der Waals surface area (Å²) in [6.07, 6.45) is 6.35. The fourth-order valence-corrected chi connectivity index (χ4v) is 3.73. The van der Waals surface area contributed by atoms with Crippen LogP contribution in [0.4, 0.5) is 0 Å². The third-order valence-corrected chi connectivity index (χ3v) is 4.99. The highest BCUT2D eigenvalue weighted by molar-refractivity contribution is 5.83.